The zero-order valence-corrected chi connectivity index (χ0v) is 23.5. The van der Waals surface area contributed by atoms with Crippen LogP contribution in [0.3, 0.4) is 0 Å². The number of non-ortho nitro benzene ring substituents is 2. The zero-order chi connectivity index (χ0) is 32.3. The molecule has 0 spiro atoms. The Bertz CT molecular complexity index is 2330. The minimum absolute atomic E-state index is 0.0142. The van der Waals surface area contributed by atoms with Gasteiger partial charge in [-0.05, 0) is 28.7 Å². The van der Waals surface area contributed by atoms with Crippen LogP contribution in [0.25, 0.3) is 44.5 Å². The summed E-state index contributed by atoms with van der Waals surface area (Å²) in [7, 11) is 0. The van der Waals surface area contributed by atoms with Gasteiger partial charge in [0.05, 0.1) is 48.5 Å². The molecule has 5 aromatic carbocycles. The highest BCUT2D eigenvalue weighted by molar-refractivity contribution is 6.11. The SMILES string of the molecule is O=[N+]([O-])c1cc2c(c([N+](=O)[O-])c1)-c1c(cc([N+](=O)[O-])cc1[N+](=O)[O-])C2=C/C=c1\c2cccc3cccc(c32)n1Cc1ccccc1. The van der Waals surface area contributed by atoms with Crippen LogP contribution in [0.5, 0.6) is 0 Å². The van der Waals surface area contributed by atoms with E-state index in [4.69, 9.17) is 0 Å². The molecule has 6 aromatic rings. The van der Waals surface area contributed by atoms with Crippen LogP contribution in [-0.4, -0.2) is 24.3 Å². The van der Waals surface area contributed by atoms with Gasteiger partial charge in [-0.15, -0.1) is 0 Å². The molecule has 0 N–H and O–H groups in total. The van der Waals surface area contributed by atoms with Gasteiger partial charge in [0.2, 0.25) is 0 Å². The van der Waals surface area contributed by atoms with Crippen molar-refractivity contribution in [3.8, 4) is 11.1 Å². The number of nitro benzene ring substituents is 4. The van der Waals surface area contributed by atoms with Crippen LogP contribution in [0.2, 0.25) is 0 Å². The van der Waals surface area contributed by atoms with Gasteiger partial charge in [-0.25, -0.2) is 0 Å². The summed E-state index contributed by atoms with van der Waals surface area (Å²) in [5.74, 6) is 0. The highest BCUT2D eigenvalue weighted by atomic mass is 16.6. The first-order chi connectivity index (χ1) is 22.1. The van der Waals surface area contributed by atoms with Crippen molar-refractivity contribution in [2.24, 2.45) is 0 Å². The molecule has 0 bridgehead atoms. The van der Waals surface area contributed by atoms with Crippen molar-refractivity contribution in [2.45, 2.75) is 6.54 Å². The first kappa shape index (κ1) is 28.0. The van der Waals surface area contributed by atoms with E-state index in [1.807, 2.05) is 66.7 Å². The summed E-state index contributed by atoms with van der Waals surface area (Å²) >= 11 is 0. The number of nitro groups is 4. The Hall–Kier alpha value is -6.76. The van der Waals surface area contributed by atoms with E-state index in [-0.39, 0.29) is 27.8 Å². The van der Waals surface area contributed by atoms with E-state index in [0.717, 1.165) is 56.9 Å². The van der Waals surface area contributed by atoms with Gasteiger partial charge in [0, 0.05) is 45.9 Å². The monoisotopic (exact) mass is 613 g/mol. The number of allylic oxidation sites excluding steroid dienone is 1. The number of rotatable bonds is 7. The second-order valence-corrected chi connectivity index (χ2v) is 10.7. The molecule has 0 fully saturated rings. The van der Waals surface area contributed by atoms with Gasteiger partial charge >= 0.3 is 0 Å². The van der Waals surface area contributed by atoms with Crippen molar-refractivity contribution < 1.29 is 19.7 Å². The van der Waals surface area contributed by atoms with Gasteiger partial charge in [-0.3, -0.25) is 40.5 Å². The quantitative estimate of drug-likeness (QED) is 0.135. The fraction of sp³-hybridized carbons (Fsp3) is 0.0303. The van der Waals surface area contributed by atoms with Gasteiger partial charge < -0.3 is 4.57 Å². The Labute approximate surface area is 257 Å². The van der Waals surface area contributed by atoms with Crippen LogP contribution in [0.1, 0.15) is 16.7 Å². The highest BCUT2D eigenvalue weighted by Gasteiger charge is 2.40. The van der Waals surface area contributed by atoms with Crippen molar-refractivity contribution in [3.63, 3.8) is 0 Å². The van der Waals surface area contributed by atoms with Crippen LogP contribution in [0.15, 0.2) is 97.1 Å². The molecule has 0 atom stereocenters. The molecule has 224 valence electrons. The Balaban J connectivity index is 1.60. The van der Waals surface area contributed by atoms with E-state index in [0.29, 0.717) is 6.54 Å². The first-order valence-corrected chi connectivity index (χ1v) is 13.8. The van der Waals surface area contributed by atoms with Crippen molar-refractivity contribution in [1.82, 2.24) is 4.57 Å². The maximum Gasteiger partial charge on any atom is 0.284 e. The van der Waals surface area contributed by atoms with E-state index in [2.05, 4.69) is 4.57 Å². The lowest BCUT2D eigenvalue weighted by Crippen LogP contribution is -2.17. The predicted octanol–water partition coefficient (Wildman–Crippen LogP) is 7.09. The van der Waals surface area contributed by atoms with E-state index < -0.39 is 42.4 Å². The third kappa shape index (κ3) is 4.33. The van der Waals surface area contributed by atoms with E-state index in [1.165, 1.54) is 0 Å². The Morgan fingerprint density at radius 2 is 1.17 bits per heavy atom. The summed E-state index contributed by atoms with van der Waals surface area (Å²) in [5.41, 5.74) is -1.01. The molecule has 13 heteroatoms. The predicted molar refractivity (Wildman–Crippen MR) is 170 cm³/mol. The highest BCUT2D eigenvalue weighted by Crippen LogP contribution is 2.54. The molecule has 0 saturated heterocycles. The van der Waals surface area contributed by atoms with Crippen LogP contribution in [0, 0.1) is 40.5 Å². The van der Waals surface area contributed by atoms with Gasteiger partial charge in [0.1, 0.15) is 0 Å². The molecule has 1 aliphatic carbocycles. The van der Waals surface area contributed by atoms with Gasteiger partial charge in [0.15, 0.2) is 0 Å². The molecule has 1 heterocycles. The van der Waals surface area contributed by atoms with Crippen molar-refractivity contribution in [2.75, 3.05) is 0 Å². The van der Waals surface area contributed by atoms with Crippen molar-refractivity contribution >= 4 is 56.1 Å². The number of aromatic nitrogens is 1. The molecule has 1 aromatic heterocycles. The molecule has 0 aliphatic heterocycles. The lowest BCUT2D eigenvalue weighted by Gasteiger charge is -2.07. The normalized spacial score (nSPS) is 12.3. The number of nitrogens with zero attached hydrogens (tertiary/aromatic N) is 5. The number of benzene rings is 5. The molecule has 46 heavy (non-hydrogen) atoms. The fourth-order valence-electron chi connectivity index (χ4n) is 6.31. The summed E-state index contributed by atoms with van der Waals surface area (Å²) in [6, 6.07) is 25.2. The molecular formula is C33H19N5O8. The maximum absolute atomic E-state index is 12.2. The van der Waals surface area contributed by atoms with E-state index >= 15 is 0 Å². The lowest BCUT2D eigenvalue weighted by molar-refractivity contribution is -0.395. The Morgan fingerprint density at radius 1 is 0.609 bits per heavy atom. The summed E-state index contributed by atoms with van der Waals surface area (Å²) in [6.45, 7) is 0.477. The Kier molecular flexibility index (Phi) is 6.37. The third-order valence-electron chi connectivity index (χ3n) is 8.18. The average Bonchev–Trinajstić information content (AvgIpc) is 3.52. The second kappa shape index (κ2) is 10.4. The van der Waals surface area contributed by atoms with E-state index in [1.54, 1.807) is 12.2 Å². The topological polar surface area (TPSA) is 177 Å². The smallest absolute Gasteiger partial charge is 0.284 e. The third-order valence-corrected chi connectivity index (χ3v) is 8.18. The van der Waals surface area contributed by atoms with Crippen LogP contribution in [0.4, 0.5) is 22.7 Å². The molecule has 13 nitrogen and oxygen atoms in total. The average molecular weight is 614 g/mol. The second-order valence-electron chi connectivity index (χ2n) is 10.7. The van der Waals surface area contributed by atoms with Crippen LogP contribution in [-0.2, 0) is 6.54 Å². The summed E-state index contributed by atoms with van der Waals surface area (Å²) in [4.78, 5) is 44.8. The summed E-state index contributed by atoms with van der Waals surface area (Å²) < 4.78 is 2.09. The van der Waals surface area contributed by atoms with Crippen molar-refractivity contribution in [3.05, 3.63) is 160 Å². The number of fused-ring (bicyclic) bond motifs is 3. The maximum atomic E-state index is 12.2. The minimum atomic E-state index is -0.849. The summed E-state index contributed by atoms with van der Waals surface area (Å²) in [5, 5.41) is 51.7. The minimum Gasteiger partial charge on any atom is -0.336 e. The first-order valence-electron chi connectivity index (χ1n) is 13.8. The molecule has 0 radical (unpaired) electrons. The van der Waals surface area contributed by atoms with Gasteiger partial charge in [-0.1, -0.05) is 66.7 Å². The fourth-order valence-corrected chi connectivity index (χ4v) is 6.31. The summed E-state index contributed by atoms with van der Waals surface area (Å²) in [6.07, 6.45) is 3.30. The molecule has 0 saturated carbocycles. The van der Waals surface area contributed by atoms with Crippen LogP contribution < -0.4 is 5.35 Å². The molecule has 0 unspecified atom stereocenters. The van der Waals surface area contributed by atoms with Gasteiger partial charge in [-0.2, -0.15) is 0 Å². The van der Waals surface area contributed by atoms with Crippen molar-refractivity contribution in [1.29, 1.82) is 0 Å². The molecule has 1 aliphatic rings. The van der Waals surface area contributed by atoms with Gasteiger partial charge in [0.25, 0.3) is 22.7 Å². The Morgan fingerprint density at radius 3 is 1.72 bits per heavy atom. The lowest BCUT2D eigenvalue weighted by atomic mass is 10.0. The van der Waals surface area contributed by atoms with Crippen LogP contribution >= 0.6 is 0 Å². The molecule has 0 amide bonds. The number of hydrogen-bond donors (Lipinski definition) is 0. The molecule has 7 rings (SSSR count). The largest absolute Gasteiger partial charge is 0.336 e. The molecular weight excluding hydrogens is 594 g/mol. The standard InChI is InChI=1S/C33H19N5O8/c39-35(40)21-14-25-23(26-15-22(36(41)42)17-30(38(45)46)33(26)32(25)29(16-21)37(43)44)12-13-27-24-10-4-8-20-9-5-11-28(31(20)24)34(27)18-19-6-2-1-3-7-19/h1-17H,18H2/b27-13+. The van der Waals surface area contributed by atoms with E-state index in [9.17, 15) is 40.5 Å². The number of hydrogen-bond acceptors (Lipinski definition) is 8. The zero-order valence-electron chi connectivity index (χ0n) is 23.5.